The Bertz CT molecular complexity index is 1860. The number of aliphatic imine (C=N–C) groups is 1. The van der Waals surface area contributed by atoms with Crippen LogP contribution in [-0.2, 0) is 24.8 Å². The summed E-state index contributed by atoms with van der Waals surface area (Å²) in [5.74, 6) is -3.53. The van der Waals surface area contributed by atoms with Crippen LogP contribution in [0.5, 0.6) is 0 Å². The lowest BCUT2D eigenvalue weighted by molar-refractivity contribution is -0.143. The lowest BCUT2D eigenvalue weighted by Gasteiger charge is -2.34. The molecule has 3 fully saturated rings. The highest BCUT2D eigenvalue weighted by molar-refractivity contribution is 6.41. The fourth-order valence-corrected chi connectivity index (χ4v) is 8.23. The standard InChI is InChI=1S/C39H49N7O6/c1-38(2,52)32-23-41-44-46(32)29-22-31(36(50)43-39(33(47)34(40)48)18-10-3-4-11-19-39)45(24-29)37(51)30(20-25-12-6-5-7-13-25)42-35(49)28-17-16-26-14-8-9-15-27(26)21-28/h8-9,14-17,21,23,25,29,31,52H,3-7,10-13,18-20,22,24H2,1-2H3,(H2,40,48)(H,43,50)/b42-30+/t29-,31-/m0/s1. The molecule has 6 rings (SSSR count). The van der Waals surface area contributed by atoms with E-state index in [9.17, 15) is 29.1 Å². The van der Waals surface area contributed by atoms with Crippen LogP contribution < -0.4 is 11.1 Å². The second-order valence-electron chi connectivity index (χ2n) is 15.3. The van der Waals surface area contributed by atoms with Gasteiger partial charge in [0.05, 0.1) is 17.9 Å². The van der Waals surface area contributed by atoms with Gasteiger partial charge in [-0.15, -0.1) is 5.10 Å². The van der Waals surface area contributed by atoms with Crippen LogP contribution in [0.4, 0.5) is 0 Å². The molecule has 2 aromatic carbocycles. The summed E-state index contributed by atoms with van der Waals surface area (Å²) < 4.78 is 1.53. The van der Waals surface area contributed by atoms with Crippen molar-refractivity contribution in [3.63, 3.8) is 0 Å². The Morgan fingerprint density at radius 2 is 1.63 bits per heavy atom. The molecule has 2 aliphatic carbocycles. The predicted molar refractivity (Wildman–Crippen MR) is 194 cm³/mol. The second kappa shape index (κ2) is 15.4. The summed E-state index contributed by atoms with van der Waals surface area (Å²) in [5.41, 5.74) is 3.52. The molecule has 0 bridgehead atoms. The van der Waals surface area contributed by atoms with Gasteiger partial charge in [-0.2, -0.15) is 0 Å². The first-order valence-corrected chi connectivity index (χ1v) is 18.6. The van der Waals surface area contributed by atoms with Crippen molar-refractivity contribution in [1.29, 1.82) is 0 Å². The van der Waals surface area contributed by atoms with Crippen LogP contribution in [0.25, 0.3) is 10.8 Å². The van der Waals surface area contributed by atoms with E-state index >= 15 is 0 Å². The number of Topliss-reactive ketones (excluding diaryl/α,β-unsaturated/α-hetero) is 1. The number of rotatable bonds is 10. The van der Waals surface area contributed by atoms with Crippen molar-refractivity contribution in [3.8, 4) is 0 Å². The number of nitrogens with one attached hydrogen (secondary N) is 1. The normalized spacial score (nSPS) is 21.4. The Labute approximate surface area is 303 Å². The van der Waals surface area contributed by atoms with Crippen LogP contribution in [-0.4, -0.2) is 78.2 Å². The number of fused-ring (bicyclic) bond motifs is 1. The summed E-state index contributed by atoms with van der Waals surface area (Å²) >= 11 is 0. The van der Waals surface area contributed by atoms with Gasteiger partial charge in [0.15, 0.2) is 0 Å². The van der Waals surface area contributed by atoms with Gasteiger partial charge in [-0.3, -0.25) is 24.0 Å². The van der Waals surface area contributed by atoms with E-state index in [4.69, 9.17) is 5.73 Å². The molecule has 4 amide bonds. The molecule has 52 heavy (non-hydrogen) atoms. The number of hydrogen-bond acceptors (Lipinski definition) is 8. The number of amides is 4. The zero-order valence-corrected chi connectivity index (χ0v) is 30.1. The fourth-order valence-electron chi connectivity index (χ4n) is 8.23. The Hall–Kier alpha value is -4.78. The summed E-state index contributed by atoms with van der Waals surface area (Å²) in [5, 5.41) is 23.9. The van der Waals surface area contributed by atoms with Gasteiger partial charge >= 0.3 is 0 Å². The second-order valence-corrected chi connectivity index (χ2v) is 15.3. The number of ketones is 1. The van der Waals surface area contributed by atoms with E-state index in [0.29, 0.717) is 24.1 Å². The van der Waals surface area contributed by atoms with Crippen LogP contribution in [0, 0.1) is 5.92 Å². The summed E-state index contributed by atoms with van der Waals surface area (Å²) in [6, 6.07) is 11.3. The smallest absolute Gasteiger partial charge is 0.287 e. The van der Waals surface area contributed by atoms with E-state index in [2.05, 4.69) is 20.6 Å². The number of aliphatic hydroxyl groups is 1. The van der Waals surface area contributed by atoms with E-state index < -0.39 is 52.6 Å². The minimum absolute atomic E-state index is 0.00791. The average Bonchev–Trinajstić information content (AvgIpc) is 3.75. The molecule has 1 saturated heterocycles. The Balaban J connectivity index is 1.37. The maximum Gasteiger partial charge on any atom is 0.287 e. The van der Waals surface area contributed by atoms with Crippen LogP contribution in [0.15, 0.2) is 53.7 Å². The van der Waals surface area contributed by atoms with Crippen molar-refractivity contribution < 1.29 is 29.1 Å². The van der Waals surface area contributed by atoms with Crippen molar-refractivity contribution in [3.05, 3.63) is 59.9 Å². The molecule has 13 heteroatoms. The van der Waals surface area contributed by atoms with Crippen molar-refractivity contribution in [2.24, 2.45) is 16.6 Å². The molecule has 2 atom stereocenters. The van der Waals surface area contributed by atoms with Crippen LogP contribution in [0.3, 0.4) is 0 Å². The number of carbonyl (C=O) groups excluding carboxylic acids is 5. The van der Waals surface area contributed by atoms with Gasteiger partial charge in [-0.1, -0.05) is 93.3 Å². The third kappa shape index (κ3) is 7.99. The summed E-state index contributed by atoms with van der Waals surface area (Å²) in [6.45, 7) is 3.21. The number of nitrogens with zero attached hydrogens (tertiary/aromatic N) is 5. The number of benzene rings is 2. The third-order valence-electron chi connectivity index (χ3n) is 11.1. The third-order valence-corrected chi connectivity index (χ3v) is 11.1. The minimum Gasteiger partial charge on any atom is -0.384 e. The van der Waals surface area contributed by atoms with Crippen molar-refractivity contribution in [2.45, 2.75) is 121 Å². The number of aromatic nitrogens is 3. The molecule has 0 spiro atoms. The summed E-state index contributed by atoms with van der Waals surface area (Å²) in [6.07, 6.45) is 10.2. The topological polar surface area (TPSA) is 190 Å². The van der Waals surface area contributed by atoms with Gasteiger partial charge in [0.1, 0.15) is 22.9 Å². The Morgan fingerprint density at radius 1 is 0.962 bits per heavy atom. The van der Waals surface area contributed by atoms with Gasteiger partial charge in [0.2, 0.25) is 11.7 Å². The number of likely N-dealkylation sites (tertiary alicyclic amines) is 1. The predicted octanol–water partition coefficient (Wildman–Crippen LogP) is 4.32. The monoisotopic (exact) mass is 711 g/mol. The fraction of sp³-hybridized carbons (Fsp3) is 0.538. The van der Waals surface area contributed by atoms with Crippen molar-refractivity contribution >= 4 is 45.9 Å². The van der Waals surface area contributed by atoms with Gasteiger partial charge in [-0.25, -0.2) is 9.67 Å². The van der Waals surface area contributed by atoms with E-state index in [0.717, 1.165) is 55.7 Å². The molecule has 0 unspecified atom stereocenters. The van der Waals surface area contributed by atoms with E-state index in [-0.39, 0.29) is 43.9 Å². The number of nitrogens with two attached hydrogens (primary N) is 1. The lowest BCUT2D eigenvalue weighted by atomic mass is 9.84. The average molecular weight is 712 g/mol. The molecular weight excluding hydrogens is 662 g/mol. The number of primary amides is 1. The molecule has 13 nitrogen and oxygen atoms in total. The van der Waals surface area contributed by atoms with Crippen LogP contribution in [0.1, 0.15) is 119 Å². The highest BCUT2D eigenvalue weighted by atomic mass is 16.3. The molecule has 4 N–H and O–H groups in total. The lowest BCUT2D eigenvalue weighted by Crippen LogP contribution is -2.61. The van der Waals surface area contributed by atoms with Gasteiger partial charge < -0.3 is 21.1 Å². The molecule has 1 aromatic heterocycles. The van der Waals surface area contributed by atoms with E-state index in [1.54, 1.807) is 26.0 Å². The highest BCUT2D eigenvalue weighted by Crippen LogP contribution is 2.35. The van der Waals surface area contributed by atoms with Gasteiger partial charge in [0.25, 0.3) is 17.7 Å². The number of hydrogen-bond donors (Lipinski definition) is 3. The zero-order valence-electron chi connectivity index (χ0n) is 30.1. The molecular formula is C39H49N7O6. The van der Waals surface area contributed by atoms with Gasteiger partial charge in [-0.05, 0) is 61.9 Å². The first kappa shape index (κ1) is 37.0. The minimum atomic E-state index is -1.48. The molecule has 1 aliphatic heterocycles. The quantitative estimate of drug-likeness (QED) is 0.157. The maximum absolute atomic E-state index is 14.8. The Morgan fingerprint density at radius 3 is 2.31 bits per heavy atom. The largest absolute Gasteiger partial charge is 0.384 e. The molecule has 0 radical (unpaired) electrons. The molecule has 276 valence electrons. The van der Waals surface area contributed by atoms with Crippen molar-refractivity contribution in [1.82, 2.24) is 25.2 Å². The highest BCUT2D eigenvalue weighted by Gasteiger charge is 2.48. The zero-order chi connectivity index (χ0) is 37.0. The van der Waals surface area contributed by atoms with Gasteiger partial charge in [0, 0.05) is 18.5 Å². The molecule has 2 heterocycles. The Kier molecular flexibility index (Phi) is 11.0. The van der Waals surface area contributed by atoms with E-state index in [1.807, 2.05) is 30.3 Å². The van der Waals surface area contributed by atoms with Crippen LogP contribution in [0.2, 0.25) is 0 Å². The maximum atomic E-state index is 14.8. The molecule has 3 aliphatic rings. The molecule has 3 aromatic rings. The first-order chi connectivity index (χ1) is 24.9. The molecule has 2 saturated carbocycles. The van der Waals surface area contributed by atoms with Crippen molar-refractivity contribution in [2.75, 3.05) is 6.54 Å². The summed E-state index contributed by atoms with van der Waals surface area (Å²) in [7, 11) is 0. The SMILES string of the molecule is CC(C)(O)c1cnnn1[C@H]1C[C@@H](C(=O)NC2(C(=O)C(N)=O)CCCCCC2)N(C(=O)/C(CC2CCCCC2)=N/C(=O)c2ccc3ccccc3c2)C1. The van der Waals surface area contributed by atoms with E-state index in [1.165, 1.54) is 15.8 Å². The number of carbonyl (C=O) groups is 5. The van der Waals surface area contributed by atoms with Crippen LogP contribution >= 0.6 is 0 Å². The first-order valence-electron chi connectivity index (χ1n) is 18.6. The summed E-state index contributed by atoms with van der Waals surface area (Å²) in [4.78, 5) is 74.5.